The molecular weight excluding hydrogens is 251 g/mol. The topological polar surface area (TPSA) is 58.6 Å². The lowest BCUT2D eigenvalue weighted by molar-refractivity contribution is -0.212. The number of amides is 1. The summed E-state index contributed by atoms with van der Waals surface area (Å²) in [6, 6.07) is 0. The van der Waals surface area contributed by atoms with Crippen molar-refractivity contribution in [2.45, 2.75) is 50.9 Å². The molecule has 0 aromatic carbocycles. The Hall–Kier alpha value is -0.980. The molecule has 0 heterocycles. The number of ether oxygens (including phenoxy) is 1. The third kappa shape index (κ3) is 3.28. The lowest BCUT2D eigenvalue weighted by Gasteiger charge is -2.35. The molecule has 1 rings (SSSR count). The Kier molecular flexibility index (Phi) is 3.86. The highest BCUT2D eigenvalue weighted by Gasteiger charge is 2.63. The molecule has 2 N–H and O–H groups in total. The molecule has 4 nitrogen and oxygen atoms in total. The molecule has 0 bridgehead atoms. The van der Waals surface area contributed by atoms with E-state index < -0.39 is 35.9 Å². The molecule has 1 saturated carbocycles. The Morgan fingerprint density at radius 3 is 2.11 bits per heavy atom. The number of hydrogen-bond acceptors (Lipinski definition) is 3. The lowest BCUT2D eigenvalue weighted by Crippen LogP contribution is -2.63. The highest BCUT2D eigenvalue weighted by atomic mass is 19.4. The van der Waals surface area contributed by atoms with Gasteiger partial charge in [0.15, 0.2) is 5.54 Å². The molecule has 0 aliphatic heterocycles. The Balaban J connectivity index is 2.83. The predicted octanol–water partition coefficient (Wildman–Crippen LogP) is 2.21. The summed E-state index contributed by atoms with van der Waals surface area (Å²) in [5.74, 6) is -0.782. The van der Waals surface area contributed by atoms with Gasteiger partial charge in [0.1, 0.15) is 5.60 Å². The van der Waals surface area contributed by atoms with Crippen LogP contribution in [0.2, 0.25) is 0 Å². The maximum absolute atomic E-state index is 13.0. The number of aliphatic hydroxyl groups is 1. The predicted molar refractivity (Wildman–Crippen MR) is 58.0 cm³/mol. The van der Waals surface area contributed by atoms with Gasteiger partial charge in [-0.3, -0.25) is 0 Å². The summed E-state index contributed by atoms with van der Waals surface area (Å²) in [7, 11) is 0. The molecular formula is C11H18F3NO3. The molecule has 0 radical (unpaired) electrons. The highest BCUT2D eigenvalue weighted by molar-refractivity contribution is 5.69. The third-order valence-corrected chi connectivity index (χ3v) is 2.75. The van der Waals surface area contributed by atoms with Crippen LogP contribution in [-0.2, 0) is 4.74 Å². The molecule has 0 aromatic rings. The normalized spacial score (nSPS) is 20.2. The second-order valence-electron chi connectivity index (χ2n) is 5.53. The maximum Gasteiger partial charge on any atom is 0.414 e. The lowest BCUT2D eigenvalue weighted by atomic mass is 9.93. The largest absolute Gasteiger partial charge is 0.444 e. The number of aliphatic hydroxyl groups excluding tert-OH is 1. The minimum Gasteiger partial charge on any atom is -0.444 e. The van der Waals surface area contributed by atoms with Gasteiger partial charge in [-0.15, -0.1) is 0 Å². The van der Waals surface area contributed by atoms with E-state index in [2.05, 4.69) is 0 Å². The summed E-state index contributed by atoms with van der Waals surface area (Å²) in [4.78, 5) is 11.5. The molecule has 1 fully saturated rings. The minimum atomic E-state index is -4.71. The number of alkyl halides is 3. The van der Waals surface area contributed by atoms with Gasteiger partial charge in [0.05, 0.1) is 6.61 Å². The number of hydrogen-bond donors (Lipinski definition) is 2. The van der Waals surface area contributed by atoms with Crippen LogP contribution in [0.1, 0.15) is 33.6 Å². The van der Waals surface area contributed by atoms with Crippen LogP contribution in [0.3, 0.4) is 0 Å². The fraction of sp³-hybridized carbons (Fsp3) is 0.909. The first kappa shape index (κ1) is 15.1. The Bertz CT molecular complexity index is 320. The van der Waals surface area contributed by atoms with E-state index >= 15 is 0 Å². The van der Waals surface area contributed by atoms with Gasteiger partial charge in [-0.2, -0.15) is 13.2 Å². The van der Waals surface area contributed by atoms with Crippen molar-refractivity contribution in [3.8, 4) is 0 Å². The highest BCUT2D eigenvalue weighted by Crippen LogP contribution is 2.48. The van der Waals surface area contributed by atoms with E-state index in [1.54, 1.807) is 26.1 Å². The maximum atomic E-state index is 13.0. The van der Waals surface area contributed by atoms with Crippen LogP contribution in [0.5, 0.6) is 0 Å². The summed E-state index contributed by atoms with van der Waals surface area (Å²) in [6.45, 7) is 3.48. The van der Waals surface area contributed by atoms with Crippen molar-refractivity contribution in [1.29, 1.82) is 0 Å². The molecule has 7 heteroatoms. The number of carbonyl (C=O) groups excluding carboxylic acids is 1. The van der Waals surface area contributed by atoms with Crippen molar-refractivity contribution in [2.75, 3.05) is 6.61 Å². The first-order valence-corrected chi connectivity index (χ1v) is 5.70. The molecule has 1 atom stereocenters. The summed E-state index contributed by atoms with van der Waals surface area (Å²) >= 11 is 0. The van der Waals surface area contributed by atoms with Gasteiger partial charge in [-0.1, -0.05) is 0 Å². The average molecular weight is 269 g/mol. The standard InChI is InChI=1S/C11H18F3NO3/c1-9(2,3)18-8(17)15-10(6-16,7-4-5-7)11(12,13)14/h7,16H,4-6H2,1-3H3,(H,15,17). The van der Waals surface area contributed by atoms with Gasteiger partial charge in [-0.25, -0.2) is 4.79 Å². The van der Waals surface area contributed by atoms with Crippen LogP contribution >= 0.6 is 0 Å². The van der Waals surface area contributed by atoms with Gasteiger partial charge < -0.3 is 15.2 Å². The van der Waals surface area contributed by atoms with E-state index in [0.29, 0.717) is 12.8 Å². The third-order valence-electron chi connectivity index (χ3n) is 2.75. The molecule has 1 amide bonds. The average Bonchev–Trinajstić information content (AvgIpc) is 2.92. The summed E-state index contributed by atoms with van der Waals surface area (Å²) in [5.41, 5.74) is -3.48. The quantitative estimate of drug-likeness (QED) is 0.826. The van der Waals surface area contributed by atoms with E-state index in [4.69, 9.17) is 9.84 Å². The summed E-state index contributed by atoms with van der Waals surface area (Å²) in [5, 5.41) is 10.9. The van der Waals surface area contributed by atoms with E-state index in [9.17, 15) is 18.0 Å². The van der Waals surface area contributed by atoms with E-state index in [1.807, 2.05) is 0 Å². The van der Waals surface area contributed by atoms with Crippen LogP contribution in [0, 0.1) is 5.92 Å². The van der Waals surface area contributed by atoms with Gasteiger partial charge in [0.25, 0.3) is 0 Å². The monoisotopic (exact) mass is 269 g/mol. The Morgan fingerprint density at radius 1 is 1.33 bits per heavy atom. The molecule has 1 aliphatic carbocycles. The summed E-state index contributed by atoms with van der Waals surface area (Å²) in [6.07, 6.45) is -5.22. The van der Waals surface area contributed by atoms with Crippen LogP contribution in [0.15, 0.2) is 0 Å². The van der Waals surface area contributed by atoms with Gasteiger partial charge >= 0.3 is 12.3 Å². The van der Waals surface area contributed by atoms with Gasteiger partial charge in [0, 0.05) is 0 Å². The van der Waals surface area contributed by atoms with Gasteiger partial charge in [0.2, 0.25) is 0 Å². The van der Waals surface area contributed by atoms with Gasteiger partial charge in [-0.05, 0) is 39.5 Å². The SMILES string of the molecule is CC(C)(C)OC(=O)NC(CO)(C1CC1)C(F)(F)F. The van der Waals surface area contributed by atoms with E-state index in [1.165, 1.54) is 0 Å². The first-order chi connectivity index (χ1) is 8.02. The van der Waals surface area contributed by atoms with Crippen molar-refractivity contribution in [1.82, 2.24) is 5.32 Å². The zero-order chi connectivity index (χ0) is 14.2. The van der Waals surface area contributed by atoms with Crippen molar-refractivity contribution in [3.63, 3.8) is 0 Å². The fourth-order valence-electron chi connectivity index (χ4n) is 1.72. The molecule has 1 aliphatic rings. The van der Waals surface area contributed by atoms with E-state index in [-0.39, 0.29) is 0 Å². The summed E-state index contributed by atoms with van der Waals surface area (Å²) < 4.78 is 43.9. The number of rotatable bonds is 3. The smallest absolute Gasteiger partial charge is 0.414 e. The number of carbonyl (C=O) groups is 1. The van der Waals surface area contributed by atoms with Crippen molar-refractivity contribution < 1.29 is 27.8 Å². The van der Waals surface area contributed by atoms with Crippen molar-refractivity contribution in [3.05, 3.63) is 0 Å². The first-order valence-electron chi connectivity index (χ1n) is 5.70. The second kappa shape index (κ2) is 4.60. The number of alkyl carbamates (subject to hydrolysis) is 1. The Labute approximate surface area is 103 Å². The van der Waals surface area contributed by atoms with Crippen LogP contribution in [0.4, 0.5) is 18.0 Å². The molecule has 106 valence electrons. The van der Waals surface area contributed by atoms with Crippen LogP contribution in [0.25, 0.3) is 0 Å². The number of halogens is 3. The van der Waals surface area contributed by atoms with E-state index in [0.717, 1.165) is 0 Å². The molecule has 18 heavy (non-hydrogen) atoms. The fourth-order valence-corrected chi connectivity index (χ4v) is 1.72. The van der Waals surface area contributed by atoms with Crippen LogP contribution < -0.4 is 5.32 Å². The molecule has 1 unspecified atom stereocenters. The molecule has 0 aromatic heterocycles. The zero-order valence-corrected chi connectivity index (χ0v) is 10.6. The van der Waals surface area contributed by atoms with Crippen molar-refractivity contribution in [2.24, 2.45) is 5.92 Å². The van der Waals surface area contributed by atoms with Crippen molar-refractivity contribution >= 4 is 6.09 Å². The Morgan fingerprint density at radius 2 is 1.83 bits per heavy atom. The van der Waals surface area contributed by atoms with Crippen LogP contribution in [-0.4, -0.2) is 35.1 Å². The molecule has 0 spiro atoms. The second-order valence-corrected chi connectivity index (χ2v) is 5.53. The molecule has 0 saturated heterocycles. The zero-order valence-electron chi connectivity index (χ0n) is 10.6. The number of nitrogens with one attached hydrogen (secondary N) is 1. The minimum absolute atomic E-state index is 0.329.